The summed E-state index contributed by atoms with van der Waals surface area (Å²) in [5, 5.41) is 12.3. The minimum absolute atomic E-state index is 0.0310. The smallest absolute Gasteiger partial charge is 0.251 e. The molecule has 0 N–H and O–H groups in total. The average Bonchev–Trinajstić information content (AvgIpc) is 2.69. The zero-order valence-electron chi connectivity index (χ0n) is 14.5. The van der Waals surface area contributed by atoms with Crippen molar-refractivity contribution in [3.8, 4) is 0 Å². The van der Waals surface area contributed by atoms with Crippen molar-refractivity contribution in [3.05, 3.63) is 101 Å². The minimum Gasteiger partial charge on any atom is -0.618 e. The first-order chi connectivity index (χ1) is 12.7. The van der Waals surface area contributed by atoms with E-state index in [0.717, 1.165) is 15.9 Å². The van der Waals surface area contributed by atoms with Crippen LogP contribution in [0.3, 0.4) is 0 Å². The van der Waals surface area contributed by atoms with Crippen LogP contribution in [0.4, 0.5) is 0 Å². The van der Waals surface area contributed by atoms with E-state index in [1.165, 1.54) is 18.0 Å². The Morgan fingerprint density at radius 1 is 0.962 bits per heavy atom. The van der Waals surface area contributed by atoms with Gasteiger partial charge in [-0.15, -0.1) is 0 Å². The van der Waals surface area contributed by atoms with Gasteiger partial charge in [-0.05, 0) is 29.0 Å². The molecule has 1 heterocycles. The van der Waals surface area contributed by atoms with Gasteiger partial charge in [-0.25, -0.2) is 0 Å². The number of aromatic nitrogens is 1. The van der Waals surface area contributed by atoms with Crippen LogP contribution >= 0.6 is 11.8 Å². The Morgan fingerprint density at radius 3 is 2.04 bits per heavy atom. The quantitative estimate of drug-likeness (QED) is 0.381. The Hall–Kier alpha value is -2.79. The molecule has 0 spiro atoms. The number of benzene rings is 2. The molecule has 1 aromatic heterocycles. The highest BCUT2D eigenvalue weighted by atomic mass is 32.2. The van der Waals surface area contributed by atoms with Crippen molar-refractivity contribution in [2.45, 2.75) is 11.1 Å². The van der Waals surface area contributed by atoms with Gasteiger partial charge in [0.15, 0.2) is 6.20 Å². The molecule has 2 aromatic carbocycles. The van der Waals surface area contributed by atoms with Gasteiger partial charge >= 0.3 is 0 Å². The van der Waals surface area contributed by atoms with Crippen molar-refractivity contribution >= 4 is 17.7 Å². The van der Waals surface area contributed by atoms with E-state index >= 15 is 0 Å². The zero-order valence-corrected chi connectivity index (χ0v) is 15.3. The van der Waals surface area contributed by atoms with Crippen molar-refractivity contribution in [3.63, 3.8) is 0 Å². The summed E-state index contributed by atoms with van der Waals surface area (Å²) in [5.41, 5.74) is 2.11. The number of thioether (sulfide) groups is 1. The second-order valence-corrected chi connectivity index (χ2v) is 6.88. The van der Waals surface area contributed by atoms with Crippen molar-refractivity contribution in [1.82, 2.24) is 4.90 Å². The molecule has 3 rings (SSSR count). The van der Waals surface area contributed by atoms with E-state index in [-0.39, 0.29) is 17.7 Å². The van der Waals surface area contributed by atoms with E-state index in [4.69, 9.17) is 0 Å². The summed E-state index contributed by atoms with van der Waals surface area (Å²) in [5.74, 6) is 0.176. The number of rotatable bonds is 6. The summed E-state index contributed by atoms with van der Waals surface area (Å²) in [4.78, 5) is 14.6. The minimum atomic E-state index is -0.166. The molecule has 0 atom stereocenters. The molecule has 0 aliphatic carbocycles. The first kappa shape index (κ1) is 18.0. The van der Waals surface area contributed by atoms with E-state index in [9.17, 15) is 10.0 Å². The third-order valence-corrected chi connectivity index (χ3v) is 5.15. The molecule has 0 radical (unpaired) electrons. The van der Waals surface area contributed by atoms with E-state index in [0.29, 0.717) is 5.03 Å². The van der Waals surface area contributed by atoms with Gasteiger partial charge in [-0.1, -0.05) is 60.7 Å². The zero-order chi connectivity index (χ0) is 18.4. The Balaban J connectivity index is 1.80. The van der Waals surface area contributed by atoms with Crippen molar-refractivity contribution < 1.29 is 9.52 Å². The summed E-state index contributed by atoms with van der Waals surface area (Å²) >= 11 is 1.25. The third-order valence-electron chi connectivity index (χ3n) is 4.14. The first-order valence-corrected chi connectivity index (χ1v) is 9.32. The van der Waals surface area contributed by atoms with Gasteiger partial charge in [0.2, 0.25) is 5.91 Å². The number of carbonyl (C=O) groups excluding carboxylic acids is 1. The molecule has 0 bridgehead atoms. The number of nitrogens with zero attached hydrogens (tertiary/aromatic N) is 2. The molecule has 0 saturated carbocycles. The van der Waals surface area contributed by atoms with Crippen molar-refractivity contribution in [2.75, 3.05) is 12.8 Å². The lowest BCUT2D eigenvalue weighted by molar-refractivity contribution is -0.645. The standard InChI is InChI=1S/C21H20N2O2S/c1-22(19(24)16-26-20-14-8-9-15-23(20)25)21(17-10-4-2-5-11-17)18-12-6-3-7-13-18/h2-15,21H,16H2,1H3. The van der Waals surface area contributed by atoms with E-state index in [2.05, 4.69) is 0 Å². The highest BCUT2D eigenvalue weighted by Crippen LogP contribution is 2.28. The molecular formula is C21H20N2O2S. The molecule has 0 fully saturated rings. The summed E-state index contributed by atoms with van der Waals surface area (Å²) in [6.07, 6.45) is 1.44. The molecule has 1 amide bonds. The molecule has 4 nitrogen and oxygen atoms in total. The maximum absolute atomic E-state index is 12.8. The van der Waals surface area contributed by atoms with Crippen LogP contribution in [-0.4, -0.2) is 23.6 Å². The van der Waals surface area contributed by atoms with E-state index in [1.807, 2.05) is 67.7 Å². The van der Waals surface area contributed by atoms with Crippen molar-refractivity contribution in [1.29, 1.82) is 0 Å². The lowest BCUT2D eigenvalue weighted by Crippen LogP contribution is -2.34. The number of hydrogen-bond donors (Lipinski definition) is 0. The maximum atomic E-state index is 12.8. The average molecular weight is 364 g/mol. The van der Waals surface area contributed by atoms with Crippen LogP contribution in [0, 0.1) is 5.21 Å². The van der Waals surface area contributed by atoms with Crippen LogP contribution in [-0.2, 0) is 4.79 Å². The molecule has 0 aliphatic heterocycles. The molecule has 0 unspecified atom stereocenters. The van der Waals surface area contributed by atoms with Gasteiger partial charge < -0.3 is 10.1 Å². The van der Waals surface area contributed by atoms with Crippen LogP contribution in [0.25, 0.3) is 0 Å². The summed E-state index contributed by atoms with van der Waals surface area (Å²) in [6, 6.07) is 24.9. The fourth-order valence-electron chi connectivity index (χ4n) is 2.82. The van der Waals surface area contributed by atoms with Gasteiger partial charge in [-0.2, -0.15) is 4.73 Å². The predicted octanol–water partition coefficient (Wildman–Crippen LogP) is 3.66. The fraction of sp³-hybridized carbons (Fsp3) is 0.143. The molecule has 5 heteroatoms. The monoisotopic (exact) mass is 364 g/mol. The largest absolute Gasteiger partial charge is 0.618 e. The van der Waals surface area contributed by atoms with Crippen LogP contribution in [0.1, 0.15) is 17.2 Å². The van der Waals surface area contributed by atoms with Gasteiger partial charge in [0.05, 0.1) is 11.8 Å². The maximum Gasteiger partial charge on any atom is 0.251 e. The normalized spacial score (nSPS) is 10.7. The Kier molecular flexibility index (Phi) is 5.92. The Morgan fingerprint density at radius 2 is 1.50 bits per heavy atom. The second kappa shape index (κ2) is 8.54. The molecular weight excluding hydrogens is 344 g/mol. The van der Waals surface area contributed by atoms with Crippen molar-refractivity contribution in [2.24, 2.45) is 0 Å². The van der Waals surface area contributed by atoms with E-state index < -0.39 is 0 Å². The lowest BCUT2D eigenvalue weighted by atomic mass is 9.97. The van der Waals surface area contributed by atoms with Gasteiger partial charge in [-0.3, -0.25) is 4.79 Å². The van der Waals surface area contributed by atoms with Crippen LogP contribution < -0.4 is 4.73 Å². The highest BCUT2D eigenvalue weighted by molar-refractivity contribution is 7.99. The van der Waals surface area contributed by atoms with Gasteiger partial charge in [0, 0.05) is 19.2 Å². The molecule has 3 aromatic rings. The number of amides is 1. The van der Waals surface area contributed by atoms with Crippen LogP contribution in [0.2, 0.25) is 0 Å². The summed E-state index contributed by atoms with van der Waals surface area (Å²) < 4.78 is 0.782. The molecule has 0 aliphatic rings. The van der Waals surface area contributed by atoms with Crippen LogP contribution in [0.15, 0.2) is 90.1 Å². The lowest BCUT2D eigenvalue weighted by Gasteiger charge is -2.29. The Labute approximate surface area is 157 Å². The first-order valence-electron chi connectivity index (χ1n) is 8.33. The van der Waals surface area contributed by atoms with Gasteiger partial charge in [0.25, 0.3) is 5.03 Å². The number of hydrogen-bond acceptors (Lipinski definition) is 3. The SMILES string of the molecule is CN(C(=O)CSc1cccc[n+]1[O-])C(c1ccccc1)c1ccccc1. The molecule has 26 heavy (non-hydrogen) atoms. The summed E-state index contributed by atoms with van der Waals surface area (Å²) in [6.45, 7) is 0. The second-order valence-electron chi connectivity index (χ2n) is 5.88. The molecule has 132 valence electrons. The number of pyridine rings is 1. The molecule has 0 saturated heterocycles. The van der Waals surface area contributed by atoms with Gasteiger partial charge in [0.1, 0.15) is 0 Å². The third kappa shape index (κ3) is 4.24. The van der Waals surface area contributed by atoms with E-state index in [1.54, 1.807) is 23.1 Å². The fourth-order valence-corrected chi connectivity index (χ4v) is 3.65. The highest BCUT2D eigenvalue weighted by Gasteiger charge is 2.24. The predicted molar refractivity (Wildman–Crippen MR) is 104 cm³/mol. The number of carbonyl (C=O) groups is 1. The Bertz CT molecular complexity index is 817. The topological polar surface area (TPSA) is 47.2 Å². The summed E-state index contributed by atoms with van der Waals surface area (Å²) in [7, 11) is 1.81. The van der Waals surface area contributed by atoms with Crippen LogP contribution in [0.5, 0.6) is 0 Å².